The minimum absolute atomic E-state index is 0.0977. The fraction of sp³-hybridized carbons (Fsp3) is 0.118. The molecule has 6 nitrogen and oxygen atoms in total. The third-order valence-corrected chi connectivity index (χ3v) is 5.10. The predicted molar refractivity (Wildman–Crippen MR) is 99.5 cm³/mol. The van der Waals surface area contributed by atoms with Crippen molar-refractivity contribution in [3.8, 4) is 16.3 Å². The van der Waals surface area contributed by atoms with E-state index in [9.17, 15) is 4.79 Å². The van der Waals surface area contributed by atoms with Crippen molar-refractivity contribution in [3.05, 3.63) is 53.1 Å². The number of hydrogen-bond acceptors (Lipinski definition) is 6. The van der Waals surface area contributed by atoms with Gasteiger partial charge in [0.1, 0.15) is 0 Å². The molecule has 0 atom stereocenters. The second-order valence-corrected chi connectivity index (χ2v) is 7.14. The molecule has 0 radical (unpaired) electrons. The van der Waals surface area contributed by atoms with Crippen molar-refractivity contribution in [2.45, 2.75) is 6.92 Å². The number of rotatable bonds is 5. The van der Waals surface area contributed by atoms with Crippen molar-refractivity contribution in [1.29, 1.82) is 0 Å². The fourth-order valence-electron chi connectivity index (χ4n) is 2.39. The van der Waals surface area contributed by atoms with Crippen molar-refractivity contribution in [2.24, 2.45) is 0 Å². The normalized spacial score (nSPS) is 10.9. The first kappa shape index (κ1) is 15.8. The van der Waals surface area contributed by atoms with Gasteiger partial charge in [0.15, 0.2) is 23.1 Å². The minimum Gasteiger partial charge on any atom is -0.480 e. The molecule has 0 saturated heterocycles. The number of pyridine rings is 1. The van der Waals surface area contributed by atoms with E-state index < -0.39 is 0 Å². The second-order valence-electron chi connectivity index (χ2n) is 5.34. The fourth-order valence-corrected chi connectivity index (χ4v) is 3.88. The Hall–Kier alpha value is -2.71. The lowest BCUT2D eigenvalue weighted by Gasteiger charge is -2.06. The van der Waals surface area contributed by atoms with Gasteiger partial charge in [-0.2, -0.15) is 0 Å². The maximum Gasteiger partial charge on any atom is 0.264 e. The zero-order chi connectivity index (χ0) is 17.2. The molecule has 4 heterocycles. The van der Waals surface area contributed by atoms with E-state index in [1.54, 1.807) is 17.4 Å². The third kappa shape index (κ3) is 3.40. The van der Waals surface area contributed by atoms with Crippen LogP contribution < -0.4 is 10.1 Å². The molecule has 8 heteroatoms. The van der Waals surface area contributed by atoms with E-state index in [0.29, 0.717) is 16.5 Å². The molecule has 0 fully saturated rings. The highest BCUT2D eigenvalue weighted by atomic mass is 32.1. The van der Waals surface area contributed by atoms with E-state index in [2.05, 4.69) is 15.3 Å². The molecule has 0 spiro atoms. The number of imidazole rings is 1. The van der Waals surface area contributed by atoms with Gasteiger partial charge in [0.2, 0.25) is 0 Å². The van der Waals surface area contributed by atoms with Crippen molar-refractivity contribution in [3.63, 3.8) is 0 Å². The number of amides is 1. The summed E-state index contributed by atoms with van der Waals surface area (Å²) < 4.78 is 7.50. The monoisotopic (exact) mass is 370 g/mol. The molecule has 0 aliphatic heterocycles. The molecule has 4 aromatic heterocycles. The summed E-state index contributed by atoms with van der Waals surface area (Å²) in [7, 11) is 0. The first-order valence-corrected chi connectivity index (χ1v) is 9.31. The van der Waals surface area contributed by atoms with Crippen LogP contribution in [0.1, 0.15) is 5.69 Å². The van der Waals surface area contributed by atoms with Crippen molar-refractivity contribution in [2.75, 3.05) is 11.9 Å². The van der Waals surface area contributed by atoms with Gasteiger partial charge in [0, 0.05) is 17.8 Å². The lowest BCUT2D eigenvalue weighted by Crippen LogP contribution is -2.20. The minimum atomic E-state index is -0.252. The smallest absolute Gasteiger partial charge is 0.264 e. The topological polar surface area (TPSA) is 68.5 Å². The van der Waals surface area contributed by atoms with Crippen LogP contribution in [0.3, 0.4) is 0 Å². The average Bonchev–Trinajstić information content (AvgIpc) is 3.32. The van der Waals surface area contributed by atoms with Crippen LogP contribution in [0.25, 0.3) is 16.2 Å². The highest BCUT2D eigenvalue weighted by Crippen LogP contribution is 2.28. The highest BCUT2D eigenvalue weighted by molar-refractivity contribution is 7.16. The zero-order valence-electron chi connectivity index (χ0n) is 13.3. The molecule has 25 heavy (non-hydrogen) atoms. The van der Waals surface area contributed by atoms with Crippen molar-refractivity contribution >= 4 is 39.4 Å². The number of nitrogens with one attached hydrogen (secondary N) is 1. The summed E-state index contributed by atoms with van der Waals surface area (Å²) in [6.07, 6.45) is 3.80. The Kier molecular flexibility index (Phi) is 4.21. The van der Waals surface area contributed by atoms with Gasteiger partial charge in [-0.1, -0.05) is 6.07 Å². The number of nitrogens with zero attached hydrogens (tertiary/aromatic N) is 3. The molecular weight excluding hydrogens is 356 g/mol. The molecule has 0 bridgehead atoms. The molecule has 0 aromatic carbocycles. The van der Waals surface area contributed by atoms with E-state index in [1.165, 1.54) is 11.3 Å². The van der Waals surface area contributed by atoms with Gasteiger partial charge >= 0.3 is 0 Å². The van der Waals surface area contributed by atoms with Crippen LogP contribution in [0.15, 0.2) is 47.4 Å². The lowest BCUT2D eigenvalue weighted by atomic mass is 10.4. The van der Waals surface area contributed by atoms with E-state index in [1.807, 2.05) is 52.7 Å². The number of aryl methyl sites for hydroxylation is 1. The van der Waals surface area contributed by atoms with Gasteiger partial charge in [-0.05, 0) is 30.5 Å². The van der Waals surface area contributed by atoms with Crippen LogP contribution in [-0.2, 0) is 4.79 Å². The number of fused-ring (bicyclic) bond motifs is 1. The summed E-state index contributed by atoms with van der Waals surface area (Å²) in [5.41, 5.74) is 2.46. The van der Waals surface area contributed by atoms with Gasteiger partial charge in [0.25, 0.3) is 5.91 Å². The summed E-state index contributed by atoms with van der Waals surface area (Å²) >= 11 is 3.01. The number of carbonyl (C=O) groups is 1. The summed E-state index contributed by atoms with van der Waals surface area (Å²) in [6.45, 7) is 1.82. The molecular formula is C17H14N4O2S2. The van der Waals surface area contributed by atoms with Crippen LogP contribution in [-0.4, -0.2) is 26.9 Å². The predicted octanol–water partition coefficient (Wildman–Crippen LogP) is 3.85. The number of anilines is 1. The molecule has 0 saturated carbocycles. The van der Waals surface area contributed by atoms with Crippen LogP contribution in [0.4, 0.5) is 5.13 Å². The van der Waals surface area contributed by atoms with Crippen molar-refractivity contribution in [1.82, 2.24) is 14.4 Å². The Balaban J connectivity index is 1.41. The standard InChI is InChI=1S/C17H14N4O2S2/c1-11-8-21-6-2-4-13(16(21)18-11)23-9-15(22)20-17-19-12(10-25-17)14-5-3-7-24-14/h2-8,10H,9H2,1H3,(H,19,20,22). The maximum absolute atomic E-state index is 12.1. The van der Waals surface area contributed by atoms with Crippen LogP contribution in [0.2, 0.25) is 0 Å². The van der Waals surface area contributed by atoms with Gasteiger partial charge in [0.05, 0.1) is 16.3 Å². The molecule has 1 N–H and O–H groups in total. The molecule has 4 rings (SSSR count). The Bertz CT molecular complexity index is 1020. The SMILES string of the molecule is Cc1cn2cccc(OCC(=O)Nc3nc(-c4cccs4)cs3)c2n1. The average molecular weight is 370 g/mol. The van der Waals surface area contributed by atoms with Crippen LogP contribution in [0.5, 0.6) is 5.75 Å². The van der Waals surface area contributed by atoms with Crippen LogP contribution in [0, 0.1) is 6.92 Å². The van der Waals surface area contributed by atoms with Gasteiger partial charge < -0.3 is 9.14 Å². The van der Waals surface area contributed by atoms with Gasteiger partial charge in [-0.3, -0.25) is 10.1 Å². The van der Waals surface area contributed by atoms with E-state index >= 15 is 0 Å². The first-order valence-electron chi connectivity index (χ1n) is 7.55. The van der Waals surface area contributed by atoms with Gasteiger partial charge in [-0.25, -0.2) is 9.97 Å². The summed E-state index contributed by atoms with van der Waals surface area (Å²) in [4.78, 5) is 22.0. The number of carbonyl (C=O) groups excluding carboxylic acids is 1. The largest absolute Gasteiger partial charge is 0.480 e. The highest BCUT2D eigenvalue weighted by Gasteiger charge is 2.11. The molecule has 1 amide bonds. The van der Waals surface area contributed by atoms with E-state index in [0.717, 1.165) is 16.3 Å². The number of hydrogen-bond donors (Lipinski definition) is 1. The molecule has 0 aliphatic rings. The summed E-state index contributed by atoms with van der Waals surface area (Å²) in [5.74, 6) is 0.321. The van der Waals surface area contributed by atoms with Crippen LogP contribution >= 0.6 is 22.7 Å². The Morgan fingerprint density at radius 3 is 3.04 bits per heavy atom. The molecule has 4 aromatic rings. The van der Waals surface area contributed by atoms with Gasteiger partial charge in [-0.15, -0.1) is 22.7 Å². The molecule has 0 unspecified atom stereocenters. The quantitative estimate of drug-likeness (QED) is 0.579. The number of aromatic nitrogens is 3. The number of ether oxygens (including phenoxy) is 1. The number of thiophene rings is 1. The first-order chi connectivity index (χ1) is 12.2. The molecule has 0 aliphatic carbocycles. The van der Waals surface area contributed by atoms with E-state index in [-0.39, 0.29) is 12.5 Å². The Morgan fingerprint density at radius 2 is 2.20 bits per heavy atom. The Morgan fingerprint density at radius 1 is 1.28 bits per heavy atom. The van der Waals surface area contributed by atoms with E-state index in [4.69, 9.17) is 4.74 Å². The molecule has 126 valence electrons. The number of thiazole rings is 1. The lowest BCUT2D eigenvalue weighted by molar-refractivity contribution is -0.118. The zero-order valence-corrected chi connectivity index (χ0v) is 14.9. The summed E-state index contributed by atoms with van der Waals surface area (Å²) in [5, 5.41) is 7.26. The summed E-state index contributed by atoms with van der Waals surface area (Å²) in [6, 6.07) is 7.63. The van der Waals surface area contributed by atoms with Crippen molar-refractivity contribution < 1.29 is 9.53 Å². The Labute approximate surface area is 151 Å². The maximum atomic E-state index is 12.1. The third-order valence-electron chi connectivity index (χ3n) is 3.45. The second kappa shape index (κ2) is 6.66.